The highest BCUT2D eigenvalue weighted by Gasteiger charge is 2.19. The molecule has 1 N–H and O–H groups in total. The van der Waals surface area contributed by atoms with Gasteiger partial charge in [-0.15, -0.1) is 0 Å². The fraction of sp³-hybridized carbons (Fsp3) is 0.412. The number of hydrogen-bond acceptors (Lipinski definition) is 4. The molecular weight excluding hydrogens is 278 g/mol. The van der Waals surface area contributed by atoms with Crippen molar-refractivity contribution in [2.45, 2.75) is 33.6 Å². The lowest BCUT2D eigenvalue weighted by Crippen LogP contribution is -2.19. The van der Waals surface area contributed by atoms with E-state index in [4.69, 9.17) is 4.42 Å². The predicted molar refractivity (Wildman–Crippen MR) is 86.6 cm³/mol. The van der Waals surface area contributed by atoms with E-state index < -0.39 is 0 Å². The van der Waals surface area contributed by atoms with Crippen LogP contribution in [0.2, 0.25) is 0 Å². The summed E-state index contributed by atoms with van der Waals surface area (Å²) in [5, 5.41) is 2.89. The number of carbonyl (C=O) groups is 1. The second kappa shape index (κ2) is 5.83. The molecular formula is C17H21N3O2. The molecule has 1 saturated heterocycles. The summed E-state index contributed by atoms with van der Waals surface area (Å²) < 4.78 is 5.51. The molecule has 1 amide bonds. The van der Waals surface area contributed by atoms with Crippen LogP contribution < -0.4 is 10.2 Å². The Morgan fingerprint density at radius 1 is 1.18 bits per heavy atom. The molecule has 22 heavy (non-hydrogen) atoms. The number of amides is 1. The Hall–Kier alpha value is -2.30. The van der Waals surface area contributed by atoms with Gasteiger partial charge in [0.05, 0.1) is 17.4 Å². The number of aromatic nitrogens is 1. The van der Waals surface area contributed by atoms with Crippen molar-refractivity contribution < 1.29 is 9.21 Å². The average molecular weight is 299 g/mol. The van der Waals surface area contributed by atoms with Crippen LogP contribution in [-0.4, -0.2) is 24.0 Å². The zero-order valence-electron chi connectivity index (χ0n) is 13.3. The SMILES string of the molecule is Cc1oc(C)c(C(=O)Nc2ccc(N3CCCC3)nc2)c1C. The summed E-state index contributed by atoms with van der Waals surface area (Å²) in [4.78, 5) is 19.1. The standard InChI is InChI=1S/C17H21N3O2/c1-11-12(2)22-13(3)16(11)17(21)19-14-6-7-15(18-10-14)20-8-4-5-9-20/h6-7,10H,4-5,8-9H2,1-3H3,(H,19,21). The van der Waals surface area contributed by atoms with E-state index in [2.05, 4.69) is 15.2 Å². The first-order valence-corrected chi connectivity index (χ1v) is 7.65. The molecule has 0 saturated carbocycles. The number of carbonyl (C=O) groups excluding carboxylic acids is 1. The molecule has 0 aliphatic carbocycles. The summed E-state index contributed by atoms with van der Waals surface area (Å²) in [6.07, 6.45) is 4.15. The molecule has 0 unspecified atom stereocenters. The van der Waals surface area contributed by atoms with E-state index in [0.717, 1.165) is 30.2 Å². The number of rotatable bonds is 3. The van der Waals surface area contributed by atoms with Gasteiger partial charge in [-0.25, -0.2) is 4.98 Å². The Kier molecular flexibility index (Phi) is 3.88. The molecule has 0 aromatic carbocycles. The molecule has 0 spiro atoms. The van der Waals surface area contributed by atoms with Gasteiger partial charge in [-0.1, -0.05) is 0 Å². The highest BCUT2D eigenvalue weighted by atomic mass is 16.3. The Morgan fingerprint density at radius 2 is 1.91 bits per heavy atom. The van der Waals surface area contributed by atoms with E-state index in [1.54, 1.807) is 6.20 Å². The van der Waals surface area contributed by atoms with E-state index in [-0.39, 0.29) is 5.91 Å². The van der Waals surface area contributed by atoms with E-state index in [1.165, 1.54) is 12.8 Å². The van der Waals surface area contributed by atoms with E-state index in [1.807, 2.05) is 32.9 Å². The second-order valence-electron chi connectivity index (χ2n) is 5.77. The van der Waals surface area contributed by atoms with E-state index >= 15 is 0 Å². The molecule has 116 valence electrons. The van der Waals surface area contributed by atoms with Gasteiger partial charge in [-0.05, 0) is 45.7 Å². The number of furan rings is 1. The normalized spacial score (nSPS) is 14.4. The number of nitrogens with one attached hydrogen (secondary N) is 1. The van der Waals surface area contributed by atoms with Crippen molar-refractivity contribution in [2.24, 2.45) is 0 Å². The molecule has 2 aromatic heterocycles. The first-order chi connectivity index (χ1) is 10.6. The van der Waals surface area contributed by atoms with Crippen LogP contribution in [0.25, 0.3) is 0 Å². The molecule has 1 aliphatic heterocycles. The third kappa shape index (κ3) is 2.71. The zero-order valence-corrected chi connectivity index (χ0v) is 13.3. The average Bonchev–Trinajstić information content (AvgIpc) is 3.09. The van der Waals surface area contributed by atoms with Crippen molar-refractivity contribution in [2.75, 3.05) is 23.3 Å². The molecule has 0 bridgehead atoms. The number of pyridine rings is 1. The van der Waals surface area contributed by atoms with Gasteiger partial charge in [0.1, 0.15) is 17.3 Å². The van der Waals surface area contributed by atoms with Gasteiger partial charge >= 0.3 is 0 Å². The van der Waals surface area contributed by atoms with Gasteiger partial charge < -0.3 is 14.6 Å². The first kappa shape index (κ1) is 14.6. The molecule has 1 fully saturated rings. The van der Waals surface area contributed by atoms with Crippen molar-refractivity contribution in [1.82, 2.24) is 4.98 Å². The third-order valence-electron chi connectivity index (χ3n) is 4.22. The zero-order chi connectivity index (χ0) is 15.7. The van der Waals surface area contributed by atoms with Crippen molar-refractivity contribution in [3.63, 3.8) is 0 Å². The van der Waals surface area contributed by atoms with Crippen molar-refractivity contribution in [3.8, 4) is 0 Å². The van der Waals surface area contributed by atoms with Crippen LogP contribution in [0.5, 0.6) is 0 Å². The second-order valence-corrected chi connectivity index (χ2v) is 5.77. The van der Waals surface area contributed by atoms with Gasteiger partial charge in [0, 0.05) is 18.7 Å². The summed E-state index contributed by atoms with van der Waals surface area (Å²) in [6.45, 7) is 7.70. The first-order valence-electron chi connectivity index (χ1n) is 7.65. The molecule has 5 heteroatoms. The molecule has 0 radical (unpaired) electrons. The molecule has 0 atom stereocenters. The highest BCUT2D eigenvalue weighted by molar-refractivity contribution is 6.06. The summed E-state index contributed by atoms with van der Waals surface area (Å²) in [6, 6.07) is 3.86. The number of hydrogen-bond donors (Lipinski definition) is 1. The summed E-state index contributed by atoms with van der Waals surface area (Å²) >= 11 is 0. The lowest BCUT2D eigenvalue weighted by Gasteiger charge is -2.16. The molecule has 2 aromatic rings. The van der Waals surface area contributed by atoms with Crippen molar-refractivity contribution in [1.29, 1.82) is 0 Å². The molecule has 3 rings (SSSR count). The Bertz CT molecular complexity index is 683. The lowest BCUT2D eigenvalue weighted by molar-refractivity contribution is 0.102. The number of aryl methyl sites for hydroxylation is 2. The largest absolute Gasteiger partial charge is 0.466 e. The van der Waals surface area contributed by atoms with Crippen LogP contribution in [0, 0.1) is 20.8 Å². The van der Waals surface area contributed by atoms with Gasteiger partial charge in [-0.3, -0.25) is 4.79 Å². The Labute approximate surface area is 130 Å². The maximum absolute atomic E-state index is 12.4. The smallest absolute Gasteiger partial charge is 0.259 e. The summed E-state index contributed by atoms with van der Waals surface area (Å²) in [5.41, 5.74) is 2.20. The van der Waals surface area contributed by atoms with Crippen molar-refractivity contribution >= 4 is 17.4 Å². The Morgan fingerprint density at radius 3 is 2.45 bits per heavy atom. The van der Waals surface area contributed by atoms with E-state index in [9.17, 15) is 4.79 Å². The summed E-state index contributed by atoms with van der Waals surface area (Å²) in [7, 11) is 0. The highest BCUT2D eigenvalue weighted by Crippen LogP contribution is 2.23. The van der Waals surface area contributed by atoms with E-state index in [0.29, 0.717) is 17.0 Å². The van der Waals surface area contributed by atoms with Crippen LogP contribution in [0.4, 0.5) is 11.5 Å². The van der Waals surface area contributed by atoms with Crippen LogP contribution >= 0.6 is 0 Å². The number of nitrogens with zero attached hydrogens (tertiary/aromatic N) is 2. The maximum Gasteiger partial charge on any atom is 0.259 e. The Balaban J connectivity index is 1.74. The fourth-order valence-electron chi connectivity index (χ4n) is 2.91. The minimum Gasteiger partial charge on any atom is -0.466 e. The minimum absolute atomic E-state index is 0.150. The topological polar surface area (TPSA) is 58.4 Å². The predicted octanol–water partition coefficient (Wildman–Crippen LogP) is 3.45. The van der Waals surface area contributed by atoms with Crippen LogP contribution in [-0.2, 0) is 0 Å². The van der Waals surface area contributed by atoms with Crippen LogP contribution in [0.3, 0.4) is 0 Å². The van der Waals surface area contributed by atoms with Gasteiger partial charge in [0.2, 0.25) is 0 Å². The maximum atomic E-state index is 12.4. The molecule has 1 aliphatic rings. The fourth-order valence-corrected chi connectivity index (χ4v) is 2.91. The quantitative estimate of drug-likeness (QED) is 0.943. The monoisotopic (exact) mass is 299 g/mol. The lowest BCUT2D eigenvalue weighted by atomic mass is 10.1. The van der Waals surface area contributed by atoms with Crippen LogP contribution in [0.1, 0.15) is 40.3 Å². The summed E-state index contributed by atoms with van der Waals surface area (Å²) in [5.74, 6) is 2.25. The minimum atomic E-state index is -0.150. The van der Waals surface area contributed by atoms with Crippen LogP contribution in [0.15, 0.2) is 22.7 Å². The van der Waals surface area contributed by atoms with Gasteiger partial charge in [0.25, 0.3) is 5.91 Å². The molecule has 3 heterocycles. The third-order valence-corrected chi connectivity index (χ3v) is 4.22. The number of anilines is 2. The van der Waals surface area contributed by atoms with Gasteiger partial charge in [-0.2, -0.15) is 0 Å². The van der Waals surface area contributed by atoms with Gasteiger partial charge in [0.15, 0.2) is 0 Å². The molecule has 5 nitrogen and oxygen atoms in total. The van der Waals surface area contributed by atoms with Crippen molar-refractivity contribution in [3.05, 3.63) is 41.0 Å².